The van der Waals surface area contributed by atoms with Crippen LogP contribution < -0.4 is 5.32 Å². The van der Waals surface area contributed by atoms with Crippen molar-refractivity contribution in [2.75, 3.05) is 5.32 Å². The second-order valence-corrected chi connectivity index (χ2v) is 6.69. The normalized spacial score (nSPS) is 11.9. The quantitative estimate of drug-likeness (QED) is 0.887. The molecule has 2 N–H and O–H groups in total. The van der Waals surface area contributed by atoms with Gasteiger partial charge in [-0.15, -0.1) is 0 Å². The Hall–Kier alpha value is -2.04. The fraction of sp³-hybridized carbons (Fsp3) is 0.500. The number of anilines is 1. The molecule has 0 saturated carbocycles. The average Bonchev–Trinajstić information content (AvgIpc) is 2.28. The molecule has 5 heteroatoms. The lowest BCUT2D eigenvalue weighted by Gasteiger charge is -2.20. The van der Waals surface area contributed by atoms with Crippen LogP contribution in [0.25, 0.3) is 0 Å². The van der Waals surface area contributed by atoms with Gasteiger partial charge in [0.1, 0.15) is 5.60 Å². The van der Waals surface area contributed by atoms with Crippen LogP contribution in [-0.2, 0) is 16.0 Å². The number of nitrogens with one attached hydrogen (secondary N) is 1. The third kappa shape index (κ3) is 5.85. The van der Waals surface area contributed by atoms with E-state index in [4.69, 9.17) is 9.84 Å². The van der Waals surface area contributed by atoms with Gasteiger partial charge >= 0.3 is 12.1 Å². The zero-order valence-corrected chi connectivity index (χ0v) is 13.2. The standard InChI is InChI=1S/C16H23NO4/c1-15(2,3)21-14(20)17-12-8-6-11(7-9-12)10-16(4,5)13(18)19/h6-9H,10H2,1-5H3,(H,17,20)(H,18,19). The number of hydrogen-bond donors (Lipinski definition) is 2. The fourth-order valence-electron chi connectivity index (χ4n) is 1.71. The lowest BCUT2D eigenvalue weighted by molar-refractivity contribution is -0.146. The molecule has 0 atom stereocenters. The van der Waals surface area contributed by atoms with Crippen molar-refractivity contribution in [1.29, 1.82) is 0 Å². The molecule has 116 valence electrons. The van der Waals surface area contributed by atoms with E-state index in [1.54, 1.807) is 58.9 Å². The molecule has 0 bridgehead atoms. The highest BCUT2D eigenvalue weighted by molar-refractivity contribution is 5.84. The van der Waals surface area contributed by atoms with Crippen LogP contribution in [0.1, 0.15) is 40.2 Å². The van der Waals surface area contributed by atoms with Gasteiger partial charge in [-0.1, -0.05) is 12.1 Å². The lowest BCUT2D eigenvalue weighted by Crippen LogP contribution is -2.27. The topological polar surface area (TPSA) is 75.6 Å². The first-order valence-electron chi connectivity index (χ1n) is 6.82. The van der Waals surface area contributed by atoms with Crippen molar-refractivity contribution in [2.45, 2.75) is 46.6 Å². The van der Waals surface area contributed by atoms with E-state index in [2.05, 4.69) is 5.32 Å². The van der Waals surface area contributed by atoms with Crippen molar-refractivity contribution in [2.24, 2.45) is 5.41 Å². The van der Waals surface area contributed by atoms with Crippen molar-refractivity contribution in [3.05, 3.63) is 29.8 Å². The number of carbonyl (C=O) groups excluding carboxylic acids is 1. The third-order valence-electron chi connectivity index (χ3n) is 2.82. The summed E-state index contributed by atoms with van der Waals surface area (Å²) in [5.74, 6) is -0.835. The number of carbonyl (C=O) groups is 2. The summed E-state index contributed by atoms with van der Waals surface area (Å²) < 4.78 is 5.16. The first kappa shape index (κ1) is 17.0. The van der Waals surface area contributed by atoms with E-state index in [1.165, 1.54) is 0 Å². The largest absolute Gasteiger partial charge is 0.481 e. The van der Waals surface area contributed by atoms with Gasteiger partial charge in [-0.3, -0.25) is 10.1 Å². The van der Waals surface area contributed by atoms with Gasteiger partial charge in [-0.25, -0.2) is 4.79 Å². The van der Waals surface area contributed by atoms with E-state index in [9.17, 15) is 9.59 Å². The van der Waals surface area contributed by atoms with Crippen LogP contribution in [0.5, 0.6) is 0 Å². The minimum Gasteiger partial charge on any atom is -0.481 e. The molecule has 0 aliphatic rings. The number of carboxylic acids is 1. The summed E-state index contributed by atoms with van der Waals surface area (Å²) in [6.07, 6.45) is -0.0872. The predicted octanol–water partition coefficient (Wildman–Crippen LogP) is 3.69. The predicted molar refractivity (Wildman–Crippen MR) is 81.4 cm³/mol. The summed E-state index contributed by atoms with van der Waals surface area (Å²) in [6.45, 7) is 8.75. The third-order valence-corrected chi connectivity index (χ3v) is 2.82. The molecular weight excluding hydrogens is 270 g/mol. The number of benzene rings is 1. The monoisotopic (exact) mass is 293 g/mol. The lowest BCUT2D eigenvalue weighted by atomic mass is 9.86. The van der Waals surface area contributed by atoms with E-state index in [0.717, 1.165) is 5.56 Å². The van der Waals surface area contributed by atoms with Crippen molar-refractivity contribution in [1.82, 2.24) is 0 Å². The SMILES string of the molecule is CC(C)(C)OC(=O)Nc1ccc(CC(C)(C)C(=O)O)cc1. The van der Waals surface area contributed by atoms with Gasteiger partial charge in [0, 0.05) is 5.69 Å². The highest BCUT2D eigenvalue weighted by atomic mass is 16.6. The molecule has 0 aromatic heterocycles. The van der Waals surface area contributed by atoms with Crippen molar-refractivity contribution < 1.29 is 19.4 Å². The van der Waals surface area contributed by atoms with Crippen molar-refractivity contribution in [3.63, 3.8) is 0 Å². The number of ether oxygens (including phenoxy) is 1. The molecule has 5 nitrogen and oxygen atoms in total. The average molecular weight is 293 g/mol. The molecule has 0 radical (unpaired) electrons. The Morgan fingerprint density at radius 3 is 2.05 bits per heavy atom. The first-order chi connectivity index (χ1) is 9.49. The van der Waals surface area contributed by atoms with E-state index in [0.29, 0.717) is 12.1 Å². The summed E-state index contributed by atoms with van der Waals surface area (Å²) >= 11 is 0. The molecular formula is C16H23NO4. The second kappa shape index (κ2) is 6.16. The highest BCUT2D eigenvalue weighted by Gasteiger charge is 2.27. The Balaban J connectivity index is 2.67. The Labute approximate surface area is 125 Å². The van der Waals surface area contributed by atoms with Gasteiger partial charge in [0.2, 0.25) is 0 Å². The highest BCUT2D eigenvalue weighted by Crippen LogP contribution is 2.23. The second-order valence-electron chi connectivity index (χ2n) is 6.69. The summed E-state index contributed by atoms with van der Waals surface area (Å²) in [5.41, 5.74) is 0.147. The Bertz CT molecular complexity index is 512. The molecule has 0 spiro atoms. The first-order valence-corrected chi connectivity index (χ1v) is 6.82. The minimum atomic E-state index is -0.835. The Morgan fingerprint density at radius 1 is 1.10 bits per heavy atom. The Morgan fingerprint density at radius 2 is 1.62 bits per heavy atom. The van der Waals surface area contributed by atoms with E-state index in [1.807, 2.05) is 0 Å². The van der Waals surface area contributed by atoms with Gasteiger partial charge < -0.3 is 9.84 Å². The zero-order valence-electron chi connectivity index (χ0n) is 13.2. The number of hydrogen-bond acceptors (Lipinski definition) is 3. The molecule has 21 heavy (non-hydrogen) atoms. The smallest absolute Gasteiger partial charge is 0.412 e. The molecule has 0 saturated heterocycles. The molecule has 0 aliphatic heterocycles. The van der Waals surface area contributed by atoms with E-state index < -0.39 is 23.1 Å². The van der Waals surface area contributed by atoms with Crippen LogP contribution >= 0.6 is 0 Å². The van der Waals surface area contributed by atoms with Crippen LogP contribution in [0.3, 0.4) is 0 Å². The molecule has 0 aliphatic carbocycles. The molecule has 1 aromatic carbocycles. The Kier molecular flexibility index (Phi) is 4.99. The van der Waals surface area contributed by atoms with Gasteiger partial charge in [-0.05, 0) is 58.7 Å². The fourth-order valence-corrected chi connectivity index (χ4v) is 1.71. The van der Waals surface area contributed by atoms with Crippen LogP contribution in [0.2, 0.25) is 0 Å². The van der Waals surface area contributed by atoms with Crippen LogP contribution in [-0.4, -0.2) is 22.8 Å². The summed E-state index contributed by atoms with van der Waals surface area (Å²) in [5, 5.41) is 11.7. The van der Waals surface area contributed by atoms with Gasteiger partial charge in [0.25, 0.3) is 0 Å². The van der Waals surface area contributed by atoms with Gasteiger partial charge in [0.15, 0.2) is 0 Å². The van der Waals surface area contributed by atoms with Gasteiger partial charge in [0.05, 0.1) is 5.41 Å². The van der Waals surface area contributed by atoms with E-state index in [-0.39, 0.29) is 0 Å². The summed E-state index contributed by atoms with van der Waals surface area (Å²) in [4.78, 5) is 22.7. The van der Waals surface area contributed by atoms with Crippen LogP contribution in [0.15, 0.2) is 24.3 Å². The van der Waals surface area contributed by atoms with Crippen LogP contribution in [0.4, 0.5) is 10.5 Å². The molecule has 1 rings (SSSR count). The number of amides is 1. The summed E-state index contributed by atoms with van der Waals surface area (Å²) in [7, 11) is 0. The maximum atomic E-state index is 11.6. The zero-order chi connectivity index (χ0) is 16.3. The summed E-state index contributed by atoms with van der Waals surface area (Å²) in [6, 6.07) is 7.07. The number of carboxylic acid groups (broad SMARTS) is 1. The maximum Gasteiger partial charge on any atom is 0.412 e. The van der Waals surface area contributed by atoms with Gasteiger partial charge in [-0.2, -0.15) is 0 Å². The molecule has 1 aromatic rings. The molecule has 1 amide bonds. The number of aliphatic carboxylic acids is 1. The molecule has 0 heterocycles. The molecule has 0 unspecified atom stereocenters. The minimum absolute atomic E-state index is 0.426. The molecule has 0 fully saturated rings. The maximum absolute atomic E-state index is 11.6. The van der Waals surface area contributed by atoms with Crippen molar-refractivity contribution in [3.8, 4) is 0 Å². The number of rotatable bonds is 4. The van der Waals surface area contributed by atoms with Crippen LogP contribution in [0, 0.1) is 5.41 Å². The van der Waals surface area contributed by atoms with E-state index >= 15 is 0 Å². The van der Waals surface area contributed by atoms with Crippen molar-refractivity contribution >= 4 is 17.7 Å².